The predicted octanol–water partition coefficient (Wildman–Crippen LogP) is 2.38. The lowest BCUT2D eigenvalue weighted by Crippen LogP contribution is -1.97. The van der Waals surface area contributed by atoms with Crippen molar-refractivity contribution in [1.29, 1.82) is 5.26 Å². The summed E-state index contributed by atoms with van der Waals surface area (Å²) in [5.74, 6) is 1.01. The molecule has 0 heterocycles. The Hall–Kier alpha value is -1.69. The summed E-state index contributed by atoms with van der Waals surface area (Å²) in [5, 5.41) is 17.5. The molecular weight excluding hydrogens is 178 g/mol. The molecule has 0 saturated heterocycles. The average Bonchev–Trinajstić information content (AvgIpc) is 2.15. The third-order valence-corrected chi connectivity index (χ3v) is 1.85. The van der Waals surface area contributed by atoms with Gasteiger partial charge in [0.05, 0.1) is 12.7 Å². The molecule has 0 spiro atoms. The van der Waals surface area contributed by atoms with E-state index in [0.717, 1.165) is 17.7 Å². The highest BCUT2D eigenvalue weighted by Gasteiger charge is 1.99. The first-order valence-electron chi connectivity index (χ1n) is 4.53. The van der Waals surface area contributed by atoms with Crippen LogP contribution in [0.2, 0.25) is 0 Å². The molecule has 0 aliphatic carbocycles. The van der Waals surface area contributed by atoms with Crippen LogP contribution in [0.15, 0.2) is 18.2 Å². The monoisotopic (exact) mass is 191 g/mol. The topological polar surface area (TPSA) is 53.2 Å². The molecule has 1 rings (SSSR count). The van der Waals surface area contributed by atoms with Crippen LogP contribution in [-0.2, 0) is 0 Å². The minimum atomic E-state index is 0.242. The fraction of sp³-hybridized carbons (Fsp3) is 0.364. The minimum absolute atomic E-state index is 0.242. The highest BCUT2D eigenvalue weighted by molar-refractivity contribution is 5.38. The predicted molar refractivity (Wildman–Crippen MR) is 53.2 cm³/mol. The van der Waals surface area contributed by atoms with Crippen LogP contribution in [0.5, 0.6) is 11.5 Å². The maximum atomic E-state index is 9.15. The number of rotatable bonds is 4. The van der Waals surface area contributed by atoms with Crippen molar-refractivity contribution in [3.63, 3.8) is 0 Å². The van der Waals surface area contributed by atoms with Crippen LogP contribution >= 0.6 is 0 Å². The normalized spacial score (nSPS) is 9.43. The minimum Gasteiger partial charge on any atom is -0.508 e. The number of phenolic OH excluding ortho intramolecular Hbond substituents is 1. The van der Waals surface area contributed by atoms with E-state index in [1.807, 2.05) is 6.92 Å². The Morgan fingerprint density at radius 1 is 1.50 bits per heavy atom. The van der Waals surface area contributed by atoms with Crippen molar-refractivity contribution in [2.45, 2.75) is 19.8 Å². The lowest BCUT2D eigenvalue weighted by Gasteiger charge is -2.07. The lowest BCUT2D eigenvalue weighted by atomic mass is 10.2. The number of hydrogen-bond acceptors (Lipinski definition) is 3. The van der Waals surface area contributed by atoms with E-state index in [1.165, 1.54) is 0 Å². The number of nitrogens with zero attached hydrogens (tertiary/aromatic N) is 1. The van der Waals surface area contributed by atoms with Crippen molar-refractivity contribution >= 4 is 0 Å². The summed E-state index contributed by atoms with van der Waals surface area (Å²) < 4.78 is 5.43. The summed E-state index contributed by atoms with van der Waals surface area (Å²) in [6.45, 7) is 2.42. The van der Waals surface area contributed by atoms with Gasteiger partial charge in [0.2, 0.25) is 0 Å². The Labute approximate surface area is 83.6 Å². The first kappa shape index (κ1) is 10.4. The van der Waals surface area contributed by atoms with Crippen LogP contribution < -0.4 is 4.74 Å². The molecule has 1 aromatic carbocycles. The zero-order chi connectivity index (χ0) is 10.4. The molecule has 74 valence electrons. The maximum absolute atomic E-state index is 9.15. The number of benzene rings is 1. The van der Waals surface area contributed by atoms with Crippen molar-refractivity contribution in [2.75, 3.05) is 6.61 Å². The lowest BCUT2D eigenvalue weighted by molar-refractivity contribution is 0.310. The number of aryl methyl sites for hydroxylation is 1. The fourth-order valence-corrected chi connectivity index (χ4v) is 1.13. The molecular formula is C11H13NO2. The first-order valence-corrected chi connectivity index (χ1v) is 4.53. The highest BCUT2D eigenvalue weighted by atomic mass is 16.5. The summed E-state index contributed by atoms with van der Waals surface area (Å²) in [4.78, 5) is 0. The van der Waals surface area contributed by atoms with Gasteiger partial charge in [0.25, 0.3) is 0 Å². The highest BCUT2D eigenvalue weighted by Crippen LogP contribution is 2.22. The second-order valence-electron chi connectivity index (χ2n) is 3.06. The Kier molecular flexibility index (Phi) is 3.81. The molecule has 1 N–H and O–H groups in total. The van der Waals surface area contributed by atoms with Gasteiger partial charge in [-0.05, 0) is 37.1 Å². The summed E-state index contributed by atoms with van der Waals surface area (Å²) >= 11 is 0. The number of aromatic hydroxyl groups is 1. The van der Waals surface area contributed by atoms with Gasteiger partial charge in [-0.1, -0.05) is 0 Å². The second-order valence-corrected chi connectivity index (χ2v) is 3.06. The molecule has 3 nitrogen and oxygen atoms in total. The van der Waals surface area contributed by atoms with Crippen molar-refractivity contribution < 1.29 is 9.84 Å². The van der Waals surface area contributed by atoms with E-state index in [4.69, 9.17) is 15.1 Å². The zero-order valence-corrected chi connectivity index (χ0v) is 8.16. The summed E-state index contributed by atoms with van der Waals surface area (Å²) in [6, 6.07) is 7.03. The molecule has 0 saturated carbocycles. The quantitative estimate of drug-likeness (QED) is 0.743. The van der Waals surface area contributed by atoms with Gasteiger partial charge in [-0.3, -0.25) is 0 Å². The van der Waals surface area contributed by atoms with Gasteiger partial charge in [0.15, 0.2) is 0 Å². The van der Waals surface area contributed by atoms with Crippen molar-refractivity contribution in [2.24, 2.45) is 0 Å². The molecule has 0 unspecified atom stereocenters. The molecule has 0 aliphatic rings. The van der Waals surface area contributed by atoms with Crippen LogP contribution in [0.25, 0.3) is 0 Å². The molecule has 0 fully saturated rings. The van der Waals surface area contributed by atoms with Gasteiger partial charge >= 0.3 is 0 Å². The van der Waals surface area contributed by atoms with E-state index in [1.54, 1.807) is 18.2 Å². The van der Waals surface area contributed by atoms with Crippen LogP contribution in [0.3, 0.4) is 0 Å². The Morgan fingerprint density at radius 3 is 2.93 bits per heavy atom. The number of nitriles is 1. The molecule has 1 aromatic rings. The molecule has 0 aromatic heterocycles. The van der Waals surface area contributed by atoms with Crippen molar-refractivity contribution in [3.8, 4) is 17.6 Å². The van der Waals surface area contributed by atoms with Gasteiger partial charge in [0, 0.05) is 6.42 Å². The van der Waals surface area contributed by atoms with E-state index in [9.17, 15) is 0 Å². The molecule has 0 radical (unpaired) electrons. The summed E-state index contributed by atoms with van der Waals surface area (Å²) in [7, 11) is 0. The van der Waals surface area contributed by atoms with Gasteiger partial charge in [-0.15, -0.1) is 0 Å². The van der Waals surface area contributed by atoms with Crippen LogP contribution in [0.1, 0.15) is 18.4 Å². The molecule has 0 bridgehead atoms. The average molecular weight is 191 g/mol. The largest absolute Gasteiger partial charge is 0.508 e. The third-order valence-electron chi connectivity index (χ3n) is 1.85. The molecule has 0 aliphatic heterocycles. The number of ether oxygens (including phenoxy) is 1. The standard InChI is InChI=1S/C11H13NO2/c1-9-8-10(13)4-5-11(9)14-7-3-2-6-12/h4-5,8,13H,2-3,7H2,1H3. The third kappa shape index (κ3) is 2.98. The van der Waals surface area contributed by atoms with Gasteiger partial charge < -0.3 is 9.84 Å². The maximum Gasteiger partial charge on any atom is 0.122 e. The molecule has 0 amide bonds. The van der Waals surface area contributed by atoms with Gasteiger partial charge in [-0.25, -0.2) is 0 Å². The fourth-order valence-electron chi connectivity index (χ4n) is 1.13. The van der Waals surface area contributed by atoms with Crippen molar-refractivity contribution in [1.82, 2.24) is 0 Å². The molecule has 14 heavy (non-hydrogen) atoms. The van der Waals surface area contributed by atoms with E-state index in [0.29, 0.717) is 13.0 Å². The van der Waals surface area contributed by atoms with Crippen LogP contribution in [0, 0.1) is 18.3 Å². The Morgan fingerprint density at radius 2 is 2.29 bits per heavy atom. The molecule has 3 heteroatoms. The van der Waals surface area contributed by atoms with Gasteiger partial charge in [-0.2, -0.15) is 5.26 Å². The van der Waals surface area contributed by atoms with Crippen molar-refractivity contribution in [3.05, 3.63) is 23.8 Å². The smallest absolute Gasteiger partial charge is 0.122 e. The van der Waals surface area contributed by atoms with Crippen LogP contribution in [0.4, 0.5) is 0 Å². The zero-order valence-electron chi connectivity index (χ0n) is 8.16. The van der Waals surface area contributed by atoms with E-state index < -0.39 is 0 Å². The van der Waals surface area contributed by atoms with E-state index in [2.05, 4.69) is 6.07 Å². The number of phenols is 1. The SMILES string of the molecule is Cc1cc(O)ccc1OCCCC#N. The van der Waals surface area contributed by atoms with Gasteiger partial charge in [0.1, 0.15) is 11.5 Å². The Balaban J connectivity index is 2.47. The Bertz CT molecular complexity index is 342. The second kappa shape index (κ2) is 5.13. The number of unbranched alkanes of at least 4 members (excludes halogenated alkanes) is 1. The first-order chi connectivity index (χ1) is 6.74. The molecule has 0 atom stereocenters. The summed E-state index contributed by atoms with van der Waals surface area (Å²) in [6.07, 6.45) is 1.24. The summed E-state index contributed by atoms with van der Waals surface area (Å²) in [5.41, 5.74) is 0.905. The van der Waals surface area contributed by atoms with Crippen LogP contribution in [-0.4, -0.2) is 11.7 Å². The van der Waals surface area contributed by atoms with E-state index >= 15 is 0 Å². The van der Waals surface area contributed by atoms with E-state index in [-0.39, 0.29) is 5.75 Å². The number of hydrogen-bond donors (Lipinski definition) is 1.